The standard InChI is InChI=1S/C18H15ClN2O2/c19-16-5-2-1-4-13(16)12-20-14-7-9-15(10-8-14)21-18(22)17-6-3-11-23-17/h1-11,20H,12H2,(H,21,22). The van der Waals surface area contributed by atoms with Gasteiger partial charge in [0.25, 0.3) is 5.91 Å². The van der Waals surface area contributed by atoms with Gasteiger partial charge in [0.1, 0.15) is 0 Å². The average molecular weight is 327 g/mol. The first kappa shape index (κ1) is 15.2. The first-order chi connectivity index (χ1) is 11.2. The number of amides is 1. The van der Waals surface area contributed by atoms with E-state index in [1.54, 1.807) is 12.1 Å². The molecule has 0 saturated carbocycles. The number of hydrogen-bond donors (Lipinski definition) is 2. The number of carbonyl (C=O) groups excluding carboxylic acids is 1. The summed E-state index contributed by atoms with van der Waals surface area (Å²) in [5.41, 5.74) is 2.68. The summed E-state index contributed by atoms with van der Waals surface area (Å²) in [6, 6.07) is 18.5. The Bertz CT molecular complexity index is 783. The van der Waals surface area contributed by atoms with E-state index in [1.165, 1.54) is 6.26 Å². The van der Waals surface area contributed by atoms with Gasteiger partial charge in [0.2, 0.25) is 0 Å². The number of hydrogen-bond acceptors (Lipinski definition) is 3. The van der Waals surface area contributed by atoms with Crippen molar-refractivity contribution in [2.75, 3.05) is 10.6 Å². The van der Waals surface area contributed by atoms with Gasteiger partial charge in [-0.05, 0) is 48.0 Å². The Morgan fingerprint density at radius 1 is 0.957 bits per heavy atom. The van der Waals surface area contributed by atoms with Crippen LogP contribution in [0.4, 0.5) is 11.4 Å². The van der Waals surface area contributed by atoms with E-state index in [0.29, 0.717) is 12.2 Å². The van der Waals surface area contributed by atoms with Gasteiger partial charge in [0, 0.05) is 22.9 Å². The molecule has 3 aromatic rings. The predicted molar refractivity (Wildman–Crippen MR) is 91.9 cm³/mol. The van der Waals surface area contributed by atoms with Gasteiger partial charge in [0.15, 0.2) is 5.76 Å². The van der Waals surface area contributed by atoms with E-state index < -0.39 is 0 Å². The summed E-state index contributed by atoms with van der Waals surface area (Å²) in [6.45, 7) is 0.637. The molecule has 1 amide bonds. The zero-order chi connectivity index (χ0) is 16.1. The fourth-order valence-electron chi connectivity index (χ4n) is 2.11. The molecule has 5 heteroatoms. The molecule has 0 unspecified atom stereocenters. The second kappa shape index (κ2) is 7.03. The third-order valence-corrected chi connectivity index (χ3v) is 3.70. The Kier molecular flexibility index (Phi) is 4.64. The lowest BCUT2D eigenvalue weighted by atomic mass is 10.2. The maximum absolute atomic E-state index is 11.9. The Morgan fingerprint density at radius 3 is 2.39 bits per heavy atom. The second-order valence-electron chi connectivity index (χ2n) is 4.95. The zero-order valence-electron chi connectivity index (χ0n) is 12.3. The van der Waals surface area contributed by atoms with Crippen molar-refractivity contribution in [2.24, 2.45) is 0 Å². The van der Waals surface area contributed by atoms with E-state index in [-0.39, 0.29) is 11.7 Å². The Morgan fingerprint density at radius 2 is 1.70 bits per heavy atom. The van der Waals surface area contributed by atoms with Crippen LogP contribution in [-0.4, -0.2) is 5.91 Å². The highest BCUT2D eigenvalue weighted by molar-refractivity contribution is 6.31. The van der Waals surface area contributed by atoms with Crippen molar-refractivity contribution >= 4 is 28.9 Å². The van der Waals surface area contributed by atoms with Crippen LogP contribution in [0.25, 0.3) is 0 Å². The summed E-state index contributed by atoms with van der Waals surface area (Å²) < 4.78 is 5.05. The molecule has 1 heterocycles. The van der Waals surface area contributed by atoms with E-state index in [2.05, 4.69) is 10.6 Å². The Labute approximate surface area is 139 Å². The first-order valence-electron chi connectivity index (χ1n) is 7.14. The van der Waals surface area contributed by atoms with Gasteiger partial charge in [-0.2, -0.15) is 0 Å². The van der Waals surface area contributed by atoms with E-state index in [0.717, 1.165) is 16.3 Å². The number of carbonyl (C=O) groups is 1. The smallest absolute Gasteiger partial charge is 0.291 e. The summed E-state index contributed by atoms with van der Waals surface area (Å²) in [4.78, 5) is 11.9. The third kappa shape index (κ3) is 3.93. The lowest BCUT2D eigenvalue weighted by Gasteiger charge is -2.09. The van der Waals surface area contributed by atoms with E-state index >= 15 is 0 Å². The molecular weight excluding hydrogens is 312 g/mol. The molecule has 0 saturated heterocycles. The van der Waals surface area contributed by atoms with Crippen LogP contribution in [0.2, 0.25) is 5.02 Å². The molecule has 0 aliphatic heterocycles. The van der Waals surface area contributed by atoms with Crippen LogP contribution in [-0.2, 0) is 6.54 Å². The molecule has 3 rings (SSSR count). The van der Waals surface area contributed by atoms with Crippen LogP contribution in [0, 0.1) is 0 Å². The highest BCUT2D eigenvalue weighted by atomic mass is 35.5. The minimum atomic E-state index is -0.272. The molecule has 1 aromatic heterocycles. The highest BCUT2D eigenvalue weighted by Gasteiger charge is 2.08. The minimum absolute atomic E-state index is 0.272. The van der Waals surface area contributed by atoms with Gasteiger partial charge in [-0.1, -0.05) is 29.8 Å². The summed E-state index contributed by atoms with van der Waals surface area (Å²) in [7, 11) is 0. The molecule has 0 atom stereocenters. The SMILES string of the molecule is O=C(Nc1ccc(NCc2ccccc2Cl)cc1)c1ccco1. The van der Waals surface area contributed by atoms with Crippen LogP contribution in [0.5, 0.6) is 0 Å². The summed E-state index contributed by atoms with van der Waals surface area (Å²) in [5.74, 6) is 0.0118. The second-order valence-corrected chi connectivity index (χ2v) is 5.36. The number of anilines is 2. The van der Waals surface area contributed by atoms with Gasteiger partial charge < -0.3 is 15.1 Å². The maximum atomic E-state index is 11.9. The Hall–Kier alpha value is -2.72. The number of rotatable bonds is 5. The van der Waals surface area contributed by atoms with E-state index in [9.17, 15) is 4.79 Å². The van der Waals surface area contributed by atoms with Crippen molar-refractivity contribution in [1.29, 1.82) is 0 Å². The molecule has 0 aliphatic carbocycles. The van der Waals surface area contributed by atoms with Gasteiger partial charge in [0.05, 0.1) is 6.26 Å². The van der Waals surface area contributed by atoms with Gasteiger partial charge in [-0.15, -0.1) is 0 Å². The molecule has 2 aromatic carbocycles. The third-order valence-electron chi connectivity index (χ3n) is 3.33. The van der Waals surface area contributed by atoms with Crippen LogP contribution in [0.3, 0.4) is 0 Å². The average Bonchev–Trinajstić information content (AvgIpc) is 3.10. The molecule has 0 spiro atoms. The minimum Gasteiger partial charge on any atom is -0.459 e. The molecule has 0 fully saturated rings. The van der Waals surface area contributed by atoms with Gasteiger partial charge in [-0.3, -0.25) is 4.79 Å². The Balaban J connectivity index is 1.59. The highest BCUT2D eigenvalue weighted by Crippen LogP contribution is 2.19. The number of furan rings is 1. The van der Waals surface area contributed by atoms with Crippen molar-refractivity contribution in [1.82, 2.24) is 0 Å². The van der Waals surface area contributed by atoms with Crippen LogP contribution >= 0.6 is 11.6 Å². The van der Waals surface area contributed by atoms with Crippen molar-refractivity contribution in [3.8, 4) is 0 Å². The van der Waals surface area contributed by atoms with E-state index in [4.69, 9.17) is 16.0 Å². The lowest BCUT2D eigenvalue weighted by molar-refractivity contribution is 0.0996. The zero-order valence-corrected chi connectivity index (χ0v) is 13.0. The van der Waals surface area contributed by atoms with E-state index in [1.807, 2.05) is 48.5 Å². The predicted octanol–water partition coefficient (Wildman–Crippen LogP) is 4.80. The monoisotopic (exact) mass is 326 g/mol. The maximum Gasteiger partial charge on any atom is 0.291 e. The summed E-state index contributed by atoms with van der Waals surface area (Å²) >= 11 is 6.13. The fourth-order valence-corrected chi connectivity index (χ4v) is 2.31. The van der Waals surface area contributed by atoms with Crippen molar-refractivity contribution in [3.05, 3.63) is 83.3 Å². The van der Waals surface area contributed by atoms with Gasteiger partial charge in [-0.25, -0.2) is 0 Å². The van der Waals surface area contributed by atoms with Crippen molar-refractivity contribution in [3.63, 3.8) is 0 Å². The topological polar surface area (TPSA) is 54.3 Å². The first-order valence-corrected chi connectivity index (χ1v) is 7.52. The number of halogens is 1. The molecule has 0 aliphatic rings. The van der Waals surface area contributed by atoms with Crippen LogP contribution < -0.4 is 10.6 Å². The summed E-state index contributed by atoms with van der Waals surface area (Å²) in [5, 5.41) is 6.81. The molecule has 2 N–H and O–H groups in total. The molecule has 116 valence electrons. The molecule has 0 bridgehead atoms. The molecule has 4 nitrogen and oxygen atoms in total. The molecule has 23 heavy (non-hydrogen) atoms. The van der Waals surface area contributed by atoms with Crippen LogP contribution in [0.15, 0.2) is 71.3 Å². The number of nitrogens with one attached hydrogen (secondary N) is 2. The molecular formula is C18H15ClN2O2. The lowest BCUT2D eigenvalue weighted by Crippen LogP contribution is -2.10. The van der Waals surface area contributed by atoms with Crippen molar-refractivity contribution < 1.29 is 9.21 Å². The molecule has 0 radical (unpaired) electrons. The van der Waals surface area contributed by atoms with Crippen molar-refractivity contribution in [2.45, 2.75) is 6.54 Å². The van der Waals surface area contributed by atoms with Gasteiger partial charge >= 0.3 is 0 Å². The number of benzene rings is 2. The quantitative estimate of drug-likeness (QED) is 0.708. The fraction of sp³-hybridized carbons (Fsp3) is 0.0556. The normalized spacial score (nSPS) is 10.3. The van der Waals surface area contributed by atoms with Crippen LogP contribution in [0.1, 0.15) is 16.1 Å². The largest absolute Gasteiger partial charge is 0.459 e. The summed E-state index contributed by atoms with van der Waals surface area (Å²) in [6.07, 6.45) is 1.47.